The summed E-state index contributed by atoms with van der Waals surface area (Å²) in [6.45, 7) is 3.83. The van der Waals surface area contributed by atoms with Gasteiger partial charge in [0.05, 0.1) is 18.0 Å². The number of hydrogen-bond acceptors (Lipinski definition) is 5. The number of nitrogens with one attached hydrogen (secondary N) is 1. The summed E-state index contributed by atoms with van der Waals surface area (Å²) in [7, 11) is 0. The summed E-state index contributed by atoms with van der Waals surface area (Å²) in [5.74, 6) is -0.106. The van der Waals surface area contributed by atoms with Gasteiger partial charge in [-0.2, -0.15) is 9.49 Å². The van der Waals surface area contributed by atoms with Crippen LogP contribution in [0.15, 0.2) is 24.5 Å². The van der Waals surface area contributed by atoms with E-state index in [1.807, 2.05) is 0 Å². The van der Waals surface area contributed by atoms with E-state index in [-0.39, 0.29) is 0 Å². The van der Waals surface area contributed by atoms with Crippen molar-refractivity contribution in [3.63, 3.8) is 0 Å². The minimum atomic E-state index is -0.844. The van der Waals surface area contributed by atoms with Gasteiger partial charge in [-0.3, -0.25) is 10.1 Å². The second kappa shape index (κ2) is 6.89. The lowest BCUT2D eigenvalue weighted by Crippen LogP contribution is -2.18. The lowest BCUT2D eigenvalue weighted by Gasteiger charge is -2.07. The van der Waals surface area contributed by atoms with Gasteiger partial charge in [0.2, 0.25) is 5.82 Å². The van der Waals surface area contributed by atoms with Crippen LogP contribution in [0.3, 0.4) is 0 Å². The monoisotopic (exact) mass is 293 g/mol. The summed E-state index contributed by atoms with van der Waals surface area (Å²) in [6, 6.07) is 3.84. The van der Waals surface area contributed by atoms with Crippen molar-refractivity contribution < 1.29 is 9.31 Å². The van der Waals surface area contributed by atoms with Gasteiger partial charge in [0.1, 0.15) is 12.2 Å². The number of nitro benzene ring substituents is 1. The molecule has 112 valence electrons. The first kappa shape index (κ1) is 15.0. The molecule has 8 heteroatoms. The molecule has 7 nitrogen and oxygen atoms in total. The second-order valence-electron chi connectivity index (χ2n) is 4.55. The van der Waals surface area contributed by atoms with E-state index < -0.39 is 16.4 Å². The minimum absolute atomic E-state index is 0.318. The van der Waals surface area contributed by atoms with Crippen molar-refractivity contribution in [3.05, 3.63) is 51.8 Å². The predicted molar refractivity (Wildman–Crippen MR) is 74.2 cm³/mol. The van der Waals surface area contributed by atoms with Gasteiger partial charge in [-0.15, -0.1) is 0 Å². The van der Waals surface area contributed by atoms with E-state index in [0.29, 0.717) is 18.7 Å². The summed E-state index contributed by atoms with van der Waals surface area (Å²) in [5.41, 5.74) is 0.0718. The molecule has 0 saturated heterocycles. The fraction of sp³-hybridized carbons (Fsp3) is 0.385. The fourth-order valence-corrected chi connectivity index (χ4v) is 1.90. The van der Waals surface area contributed by atoms with Gasteiger partial charge in [0.15, 0.2) is 0 Å². The maximum absolute atomic E-state index is 13.6. The average molecular weight is 293 g/mol. The maximum Gasteiger partial charge on any atom is 0.304 e. The third kappa shape index (κ3) is 3.82. The number of aromatic nitrogens is 3. The highest BCUT2D eigenvalue weighted by Gasteiger charge is 2.14. The Morgan fingerprint density at radius 1 is 1.48 bits per heavy atom. The first-order valence-corrected chi connectivity index (χ1v) is 6.62. The fourth-order valence-electron chi connectivity index (χ4n) is 1.90. The molecule has 0 aliphatic heterocycles. The Bertz CT molecular complexity index is 629. The molecule has 0 spiro atoms. The molecular formula is C13H16FN5O2. The molecule has 0 fully saturated rings. The largest absolute Gasteiger partial charge is 0.310 e. The molecule has 2 rings (SSSR count). The van der Waals surface area contributed by atoms with E-state index in [0.717, 1.165) is 30.9 Å². The SMILES string of the molecule is CCCNCc1ncnn1Cc1ccc([N+](=O)[O-])c(F)c1. The van der Waals surface area contributed by atoms with Crippen molar-refractivity contribution in [2.24, 2.45) is 0 Å². The Morgan fingerprint density at radius 2 is 2.29 bits per heavy atom. The van der Waals surface area contributed by atoms with Crippen LogP contribution in [-0.4, -0.2) is 26.2 Å². The van der Waals surface area contributed by atoms with Gasteiger partial charge in [-0.25, -0.2) is 9.67 Å². The minimum Gasteiger partial charge on any atom is -0.310 e. The van der Waals surface area contributed by atoms with Crippen molar-refractivity contribution >= 4 is 5.69 Å². The van der Waals surface area contributed by atoms with Gasteiger partial charge in [0.25, 0.3) is 0 Å². The first-order chi connectivity index (χ1) is 10.1. The van der Waals surface area contributed by atoms with E-state index in [1.54, 1.807) is 4.68 Å². The standard InChI is InChI=1S/C13H16FN5O2/c1-2-5-15-7-13-16-9-17-18(13)8-10-3-4-12(19(20)21)11(14)6-10/h3-4,6,9,15H,2,5,7-8H2,1H3. The van der Waals surface area contributed by atoms with Crippen LogP contribution >= 0.6 is 0 Å². The third-order valence-corrected chi connectivity index (χ3v) is 2.95. The predicted octanol–water partition coefficient (Wildman–Crippen LogP) is 1.87. The van der Waals surface area contributed by atoms with E-state index in [2.05, 4.69) is 22.3 Å². The maximum atomic E-state index is 13.6. The van der Waals surface area contributed by atoms with Gasteiger partial charge < -0.3 is 5.32 Å². The number of nitro groups is 1. The Morgan fingerprint density at radius 3 is 2.95 bits per heavy atom. The number of hydrogen-bond donors (Lipinski definition) is 1. The molecule has 0 aliphatic carbocycles. The first-order valence-electron chi connectivity index (χ1n) is 6.62. The molecule has 2 aromatic rings. The molecule has 1 heterocycles. The van der Waals surface area contributed by atoms with Crippen LogP contribution in [0.25, 0.3) is 0 Å². The van der Waals surface area contributed by atoms with Crippen molar-refractivity contribution in [2.75, 3.05) is 6.54 Å². The van der Waals surface area contributed by atoms with Crippen LogP contribution in [0, 0.1) is 15.9 Å². The van der Waals surface area contributed by atoms with Crippen LogP contribution in [-0.2, 0) is 13.1 Å². The van der Waals surface area contributed by atoms with Crippen LogP contribution in [0.1, 0.15) is 24.7 Å². The Kier molecular flexibility index (Phi) is 4.94. The molecule has 0 unspecified atom stereocenters. The quantitative estimate of drug-likeness (QED) is 0.478. The van der Waals surface area contributed by atoms with Gasteiger partial charge in [0, 0.05) is 6.07 Å². The van der Waals surface area contributed by atoms with Crippen molar-refractivity contribution in [1.29, 1.82) is 0 Å². The van der Waals surface area contributed by atoms with Crippen LogP contribution in [0.4, 0.5) is 10.1 Å². The van der Waals surface area contributed by atoms with Gasteiger partial charge in [-0.05, 0) is 24.6 Å². The molecule has 0 bridgehead atoms. The summed E-state index contributed by atoms with van der Waals surface area (Å²) >= 11 is 0. The smallest absolute Gasteiger partial charge is 0.304 e. The zero-order valence-electron chi connectivity index (χ0n) is 11.6. The third-order valence-electron chi connectivity index (χ3n) is 2.95. The van der Waals surface area contributed by atoms with Crippen LogP contribution in [0.5, 0.6) is 0 Å². The van der Waals surface area contributed by atoms with E-state index in [4.69, 9.17) is 0 Å². The topological polar surface area (TPSA) is 85.9 Å². The summed E-state index contributed by atoms with van der Waals surface area (Å²) in [5, 5.41) is 17.9. The highest BCUT2D eigenvalue weighted by Crippen LogP contribution is 2.18. The lowest BCUT2D eigenvalue weighted by atomic mass is 10.2. The van der Waals surface area contributed by atoms with Gasteiger partial charge in [-0.1, -0.05) is 13.0 Å². The average Bonchev–Trinajstić information content (AvgIpc) is 2.86. The Hall–Kier alpha value is -2.35. The van der Waals surface area contributed by atoms with Gasteiger partial charge >= 0.3 is 5.69 Å². The molecule has 0 aliphatic rings. The molecule has 0 saturated carbocycles. The molecular weight excluding hydrogens is 277 g/mol. The molecule has 21 heavy (non-hydrogen) atoms. The number of halogens is 1. The Labute approximate surface area is 121 Å². The normalized spacial score (nSPS) is 10.8. The number of benzene rings is 1. The lowest BCUT2D eigenvalue weighted by molar-refractivity contribution is -0.387. The zero-order chi connectivity index (χ0) is 15.2. The Balaban J connectivity index is 2.10. The number of rotatable bonds is 7. The molecule has 1 N–H and O–H groups in total. The highest BCUT2D eigenvalue weighted by molar-refractivity contribution is 5.35. The van der Waals surface area contributed by atoms with E-state index >= 15 is 0 Å². The van der Waals surface area contributed by atoms with E-state index in [9.17, 15) is 14.5 Å². The molecule has 0 radical (unpaired) electrons. The molecule has 0 atom stereocenters. The number of nitrogens with zero attached hydrogens (tertiary/aromatic N) is 4. The van der Waals surface area contributed by atoms with Crippen LogP contribution in [0.2, 0.25) is 0 Å². The highest BCUT2D eigenvalue weighted by atomic mass is 19.1. The zero-order valence-corrected chi connectivity index (χ0v) is 11.6. The summed E-state index contributed by atoms with van der Waals surface area (Å²) in [6.07, 6.45) is 2.45. The molecule has 1 aromatic carbocycles. The van der Waals surface area contributed by atoms with Crippen LogP contribution < -0.4 is 5.32 Å². The van der Waals surface area contributed by atoms with Crippen molar-refractivity contribution in [1.82, 2.24) is 20.1 Å². The summed E-state index contributed by atoms with van der Waals surface area (Å²) in [4.78, 5) is 14.0. The summed E-state index contributed by atoms with van der Waals surface area (Å²) < 4.78 is 15.2. The van der Waals surface area contributed by atoms with E-state index in [1.165, 1.54) is 12.4 Å². The molecule has 0 amide bonds. The second-order valence-corrected chi connectivity index (χ2v) is 4.55. The van der Waals surface area contributed by atoms with Crippen molar-refractivity contribution in [3.8, 4) is 0 Å². The van der Waals surface area contributed by atoms with Crippen molar-refractivity contribution in [2.45, 2.75) is 26.4 Å². The molecule has 1 aromatic heterocycles.